The predicted molar refractivity (Wildman–Crippen MR) is 99.7 cm³/mol. The summed E-state index contributed by atoms with van der Waals surface area (Å²) < 4.78 is 11.0. The molecule has 0 amide bonds. The van der Waals surface area contributed by atoms with E-state index in [-0.39, 0.29) is 12.4 Å². The van der Waals surface area contributed by atoms with Crippen molar-refractivity contribution in [1.82, 2.24) is 4.90 Å². The number of rotatable bonds is 4. The van der Waals surface area contributed by atoms with Crippen molar-refractivity contribution in [1.29, 1.82) is 0 Å². The number of benzene rings is 2. The first-order chi connectivity index (χ1) is 11.6. The minimum Gasteiger partial charge on any atom is -0.508 e. The lowest BCUT2D eigenvalue weighted by molar-refractivity contribution is 0.173. The quantitative estimate of drug-likeness (QED) is 0.886. The number of halogens is 1. The van der Waals surface area contributed by atoms with E-state index in [1.54, 1.807) is 6.07 Å². The van der Waals surface area contributed by atoms with Gasteiger partial charge < -0.3 is 14.6 Å². The molecule has 0 radical (unpaired) electrons. The van der Waals surface area contributed by atoms with Gasteiger partial charge in [0.15, 0.2) is 11.5 Å². The van der Waals surface area contributed by atoms with Gasteiger partial charge in [-0.25, -0.2) is 0 Å². The molecule has 134 valence electrons. The average Bonchev–Trinajstić information content (AvgIpc) is 3.18. The van der Waals surface area contributed by atoms with Gasteiger partial charge in [-0.05, 0) is 67.1 Å². The molecular weight excluding hydrogens is 338 g/mol. The second-order valence-corrected chi connectivity index (χ2v) is 6.89. The Balaban J connectivity index is 0.00000182. The number of hydrogen-bond acceptors (Lipinski definition) is 4. The molecule has 0 unspecified atom stereocenters. The second-order valence-electron chi connectivity index (χ2n) is 6.89. The molecule has 0 saturated carbocycles. The van der Waals surface area contributed by atoms with Gasteiger partial charge in [0, 0.05) is 19.1 Å². The number of hydrogen-bond donors (Lipinski definition) is 1. The summed E-state index contributed by atoms with van der Waals surface area (Å²) >= 11 is 0. The Kier molecular flexibility index (Phi) is 5.11. The molecule has 25 heavy (non-hydrogen) atoms. The maximum Gasteiger partial charge on any atom is 0.231 e. The van der Waals surface area contributed by atoms with Gasteiger partial charge in [-0.1, -0.05) is 12.1 Å². The SMILES string of the molecule is Cc1cc(CC[C@@H](C)N2Cc3cc4c(cc3C2)OCO4)ccc1O.Cl. The molecule has 4 rings (SSSR count). The molecule has 2 aromatic rings. The fourth-order valence-electron chi connectivity index (χ4n) is 3.56. The molecule has 0 spiro atoms. The first kappa shape index (κ1) is 17.9. The van der Waals surface area contributed by atoms with E-state index in [0.717, 1.165) is 43.0 Å². The Morgan fingerprint density at radius 1 is 1.08 bits per heavy atom. The van der Waals surface area contributed by atoms with Gasteiger partial charge in [0.25, 0.3) is 0 Å². The summed E-state index contributed by atoms with van der Waals surface area (Å²) in [6, 6.07) is 10.7. The maximum absolute atomic E-state index is 9.64. The zero-order valence-electron chi connectivity index (χ0n) is 14.6. The molecule has 0 aliphatic carbocycles. The summed E-state index contributed by atoms with van der Waals surface area (Å²) in [5, 5.41) is 9.64. The highest BCUT2D eigenvalue weighted by molar-refractivity contribution is 5.85. The van der Waals surface area contributed by atoms with Crippen molar-refractivity contribution in [3.05, 3.63) is 52.6 Å². The molecule has 5 heteroatoms. The van der Waals surface area contributed by atoms with Crippen LogP contribution in [-0.2, 0) is 19.5 Å². The van der Waals surface area contributed by atoms with Crippen LogP contribution in [0.2, 0.25) is 0 Å². The number of aryl methyl sites for hydroxylation is 2. The van der Waals surface area contributed by atoms with Gasteiger partial charge in [-0.2, -0.15) is 0 Å². The molecule has 0 aromatic heterocycles. The van der Waals surface area contributed by atoms with Crippen molar-refractivity contribution >= 4 is 12.4 Å². The highest BCUT2D eigenvalue weighted by Gasteiger charge is 2.26. The number of fused-ring (bicyclic) bond motifs is 2. The van der Waals surface area contributed by atoms with Crippen molar-refractivity contribution in [3.8, 4) is 17.2 Å². The lowest BCUT2D eigenvalue weighted by Gasteiger charge is -2.23. The first-order valence-electron chi connectivity index (χ1n) is 8.54. The zero-order chi connectivity index (χ0) is 16.7. The monoisotopic (exact) mass is 361 g/mol. The highest BCUT2D eigenvalue weighted by Crippen LogP contribution is 2.38. The van der Waals surface area contributed by atoms with Crippen molar-refractivity contribution < 1.29 is 14.6 Å². The molecule has 0 fully saturated rings. The van der Waals surface area contributed by atoms with E-state index >= 15 is 0 Å². The van der Waals surface area contributed by atoms with E-state index in [2.05, 4.69) is 30.0 Å². The lowest BCUT2D eigenvalue weighted by Crippen LogP contribution is -2.28. The van der Waals surface area contributed by atoms with Crippen LogP contribution in [0.5, 0.6) is 17.2 Å². The smallest absolute Gasteiger partial charge is 0.231 e. The summed E-state index contributed by atoms with van der Waals surface area (Å²) in [7, 11) is 0. The molecule has 1 atom stereocenters. The molecule has 4 nitrogen and oxygen atoms in total. The Labute approximate surface area is 154 Å². The van der Waals surface area contributed by atoms with Gasteiger partial charge >= 0.3 is 0 Å². The van der Waals surface area contributed by atoms with Crippen LogP contribution >= 0.6 is 12.4 Å². The highest BCUT2D eigenvalue weighted by atomic mass is 35.5. The Morgan fingerprint density at radius 3 is 2.32 bits per heavy atom. The van der Waals surface area contributed by atoms with E-state index in [4.69, 9.17) is 9.47 Å². The Hall–Kier alpha value is -1.91. The fourth-order valence-corrected chi connectivity index (χ4v) is 3.56. The molecule has 1 N–H and O–H groups in total. The fraction of sp³-hybridized carbons (Fsp3) is 0.400. The van der Waals surface area contributed by atoms with Crippen LogP contribution in [-0.4, -0.2) is 22.8 Å². The van der Waals surface area contributed by atoms with Crippen LogP contribution in [0.25, 0.3) is 0 Å². The van der Waals surface area contributed by atoms with Crippen LogP contribution in [0.4, 0.5) is 0 Å². The summed E-state index contributed by atoms with van der Waals surface area (Å²) in [6.07, 6.45) is 2.13. The zero-order valence-corrected chi connectivity index (χ0v) is 15.4. The molecule has 0 saturated heterocycles. The van der Waals surface area contributed by atoms with Crippen LogP contribution < -0.4 is 9.47 Å². The van der Waals surface area contributed by atoms with Crippen LogP contribution in [0.15, 0.2) is 30.3 Å². The minimum absolute atomic E-state index is 0. The maximum atomic E-state index is 9.64. The summed E-state index contributed by atoms with van der Waals surface area (Å²) in [5.41, 5.74) is 4.94. The Bertz CT molecular complexity index is 745. The second kappa shape index (κ2) is 7.14. The third-order valence-corrected chi connectivity index (χ3v) is 5.18. The summed E-state index contributed by atoms with van der Waals surface area (Å²) in [6.45, 7) is 6.52. The minimum atomic E-state index is 0. The summed E-state index contributed by atoms with van der Waals surface area (Å²) in [5.74, 6) is 2.13. The number of ether oxygens (including phenoxy) is 2. The largest absolute Gasteiger partial charge is 0.508 e. The normalized spacial score (nSPS) is 16.4. The molecule has 2 heterocycles. The molecule has 2 aliphatic rings. The van der Waals surface area contributed by atoms with Gasteiger partial charge in [0.1, 0.15) is 5.75 Å². The predicted octanol–water partition coefficient (Wildman–Crippen LogP) is 4.19. The molecule has 0 bridgehead atoms. The van der Waals surface area contributed by atoms with E-state index < -0.39 is 0 Å². The standard InChI is InChI=1S/C20H23NO3.ClH/c1-13-7-15(5-6-18(13)22)4-3-14(2)21-10-16-8-19-20(24-12-23-19)9-17(16)11-21;/h5-9,14,22H,3-4,10-12H2,1-2H3;1H/t14-;/m1./s1. The topological polar surface area (TPSA) is 41.9 Å². The van der Waals surface area contributed by atoms with E-state index in [1.165, 1.54) is 16.7 Å². The molecule has 2 aromatic carbocycles. The third kappa shape index (κ3) is 3.55. The van der Waals surface area contributed by atoms with Crippen molar-refractivity contribution in [2.75, 3.05) is 6.79 Å². The van der Waals surface area contributed by atoms with E-state index in [0.29, 0.717) is 18.6 Å². The van der Waals surface area contributed by atoms with Gasteiger partial charge in [-0.15, -0.1) is 12.4 Å². The van der Waals surface area contributed by atoms with E-state index in [9.17, 15) is 5.11 Å². The van der Waals surface area contributed by atoms with Crippen molar-refractivity contribution in [3.63, 3.8) is 0 Å². The van der Waals surface area contributed by atoms with Gasteiger partial charge in [0.2, 0.25) is 6.79 Å². The first-order valence-corrected chi connectivity index (χ1v) is 8.54. The van der Waals surface area contributed by atoms with Crippen LogP contribution in [0.1, 0.15) is 35.6 Å². The van der Waals surface area contributed by atoms with E-state index in [1.807, 2.05) is 13.0 Å². The van der Waals surface area contributed by atoms with Crippen LogP contribution in [0, 0.1) is 6.92 Å². The Morgan fingerprint density at radius 2 is 1.72 bits per heavy atom. The number of phenols is 1. The van der Waals surface area contributed by atoms with Crippen molar-refractivity contribution in [2.45, 2.75) is 45.8 Å². The number of nitrogens with zero attached hydrogens (tertiary/aromatic N) is 1. The molecule has 2 aliphatic heterocycles. The number of phenolic OH excluding ortho intramolecular Hbond substituents is 1. The van der Waals surface area contributed by atoms with Gasteiger partial charge in [0.05, 0.1) is 0 Å². The lowest BCUT2D eigenvalue weighted by atomic mass is 10.0. The third-order valence-electron chi connectivity index (χ3n) is 5.18. The van der Waals surface area contributed by atoms with Crippen molar-refractivity contribution in [2.24, 2.45) is 0 Å². The molecular formula is C20H24ClNO3. The average molecular weight is 362 g/mol. The van der Waals surface area contributed by atoms with Gasteiger partial charge in [-0.3, -0.25) is 4.90 Å². The number of aromatic hydroxyl groups is 1. The van der Waals surface area contributed by atoms with Crippen LogP contribution in [0.3, 0.4) is 0 Å². The summed E-state index contributed by atoms with van der Waals surface area (Å²) in [4.78, 5) is 2.51.